The molecular weight excluding hydrogens is 226 g/mol. The van der Waals surface area contributed by atoms with Gasteiger partial charge in [-0.15, -0.1) is 0 Å². The second kappa shape index (κ2) is 5.38. The van der Waals surface area contributed by atoms with E-state index in [1.54, 1.807) is 0 Å². The third-order valence-corrected chi connectivity index (χ3v) is 3.92. The molecule has 0 saturated carbocycles. The normalized spacial score (nSPS) is 18.4. The standard InChI is InChI=1S/C14H19N3O/c1-16-14(11-18)6-8-17(9-7-14)13-5-3-2-4-12(13)10-15/h2-5,16,18H,6-9,11H2,1H3. The highest BCUT2D eigenvalue weighted by molar-refractivity contribution is 5.59. The first kappa shape index (κ1) is 12.9. The molecule has 0 unspecified atom stereocenters. The number of rotatable bonds is 3. The van der Waals surface area contributed by atoms with Gasteiger partial charge in [0.25, 0.3) is 0 Å². The van der Waals surface area contributed by atoms with Gasteiger partial charge < -0.3 is 15.3 Å². The van der Waals surface area contributed by atoms with Crippen LogP contribution in [0.4, 0.5) is 5.69 Å². The van der Waals surface area contributed by atoms with Gasteiger partial charge in [-0.1, -0.05) is 12.1 Å². The maximum atomic E-state index is 9.47. The van der Waals surface area contributed by atoms with Crippen LogP contribution in [0.2, 0.25) is 0 Å². The summed E-state index contributed by atoms with van der Waals surface area (Å²) in [5.41, 5.74) is 1.57. The first-order valence-corrected chi connectivity index (χ1v) is 6.28. The Kier molecular flexibility index (Phi) is 3.85. The van der Waals surface area contributed by atoms with Crippen LogP contribution in [0.15, 0.2) is 24.3 Å². The summed E-state index contributed by atoms with van der Waals surface area (Å²) in [6.07, 6.45) is 1.78. The quantitative estimate of drug-likeness (QED) is 0.837. The lowest BCUT2D eigenvalue weighted by molar-refractivity contribution is 0.142. The fourth-order valence-electron chi connectivity index (χ4n) is 2.51. The fourth-order valence-corrected chi connectivity index (χ4v) is 2.51. The summed E-state index contributed by atoms with van der Waals surface area (Å²) in [6, 6.07) is 9.92. The second-order valence-electron chi connectivity index (χ2n) is 4.80. The molecule has 1 saturated heterocycles. The van der Waals surface area contributed by atoms with Crippen molar-refractivity contribution >= 4 is 5.69 Å². The number of hydrogen-bond donors (Lipinski definition) is 2. The summed E-state index contributed by atoms with van der Waals surface area (Å²) in [5, 5.41) is 21.8. The number of aliphatic hydroxyl groups is 1. The molecule has 1 aliphatic heterocycles. The van der Waals surface area contributed by atoms with Gasteiger partial charge in [-0.2, -0.15) is 5.26 Å². The molecule has 4 nitrogen and oxygen atoms in total. The number of hydrogen-bond acceptors (Lipinski definition) is 4. The molecule has 0 aromatic heterocycles. The fraction of sp³-hybridized carbons (Fsp3) is 0.500. The smallest absolute Gasteiger partial charge is 0.101 e. The van der Waals surface area contributed by atoms with Crippen LogP contribution in [0.3, 0.4) is 0 Å². The van der Waals surface area contributed by atoms with E-state index in [2.05, 4.69) is 16.3 Å². The lowest BCUT2D eigenvalue weighted by Gasteiger charge is -2.41. The van der Waals surface area contributed by atoms with Crippen molar-refractivity contribution in [2.24, 2.45) is 0 Å². The number of benzene rings is 1. The molecule has 18 heavy (non-hydrogen) atoms. The molecule has 1 heterocycles. The van der Waals surface area contributed by atoms with Crippen LogP contribution >= 0.6 is 0 Å². The number of para-hydroxylation sites is 1. The first-order chi connectivity index (χ1) is 8.74. The van der Waals surface area contributed by atoms with Gasteiger partial charge in [-0.25, -0.2) is 0 Å². The van der Waals surface area contributed by atoms with Crippen molar-refractivity contribution < 1.29 is 5.11 Å². The van der Waals surface area contributed by atoms with E-state index in [0.717, 1.165) is 37.2 Å². The van der Waals surface area contributed by atoms with Crippen LogP contribution in [0.5, 0.6) is 0 Å². The van der Waals surface area contributed by atoms with Gasteiger partial charge in [0.1, 0.15) is 6.07 Å². The average molecular weight is 245 g/mol. The number of nitrogens with one attached hydrogen (secondary N) is 1. The predicted octanol–water partition coefficient (Wildman–Crippen LogP) is 1.11. The summed E-state index contributed by atoms with van der Waals surface area (Å²) < 4.78 is 0. The number of aliphatic hydroxyl groups excluding tert-OH is 1. The largest absolute Gasteiger partial charge is 0.394 e. The van der Waals surface area contributed by atoms with Crippen molar-refractivity contribution in [1.82, 2.24) is 5.32 Å². The minimum atomic E-state index is -0.155. The number of anilines is 1. The second-order valence-corrected chi connectivity index (χ2v) is 4.80. The van der Waals surface area contributed by atoms with Gasteiger partial charge in [-0.3, -0.25) is 0 Å². The van der Waals surface area contributed by atoms with Crippen LogP contribution in [-0.2, 0) is 0 Å². The van der Waals surface area contributed by atoms with Gasteiger partial charge in [0.2, 0.25) is 0 Å². The number of nitriles is 1. The van der Waals surface area contributed by atoms with Crippen LogP contribution in [0.1, 0.15) is 18.4 Å². The predicted molar refractivity (Wildman–Crippen MR) is 71.5 cm³/mol. The third kappa shape index (κ3) is 2.33. The Balaban J connectivity index is 2.13. The van der Waals surface area contributed by atoms with Crippen LogP contribution in [0.25, 0.3) is 0 Å². The summed E-state index contributed by atoms with van der Waals surface area (Å²) >= 11 is 0. The van der Waals surface area contributed by atoms with E-state index in [1.807, 2.05) is 31.3 Å². The number of piperidine rings is 1. The highest BCUT2D eigenvalue weighted by atomic mass is 16.3. The molecule has 0 spiro atoms. The minimum absolute atomic E-state index is 0.155. The molecular formula is C14H19N3O. The number of likely N-dealkylation sites (N-methyl/N-ethyl adjacent to an activating group) is 1. The van der Waals surface area contributed by atoms with E-state index in [9.17, 15) is 5.11 Å². The van der Waals surface area contributed by atoms with Gasteiger partial charge in [0.15, 0.2) is 0 Å². The molecule has 1 aliphatic rings. The first-order valence-electron chi connectivity index (χ1n) is 6.28. The minimum Gasteiger partial charge on any atom is -0.394 e. The van der Waals surface area contributed by atoms with Crippen LogP contribution in [-0.4, -0.2) is 37.4 Å². The number of nitrogens with zero attached hydrogens (tertiary/aromatic N) is 2. The zero-order chi connectivity index (χ0) is 13.0. The Labute approximate surface area is 108 Å². The van der Waals surface area contributed by atoms with Gasteiger partial charge in [0, 0.05) is 18.6 Å². The van der Waals surface area contributed by atoms with Gasteiger partial charge in [-0.05, 0) is 32.0 Å². The maximum Gasteiger partial charge on any atom is 0.101 e. The molecule has 0 radical (unpaired) electrons. The lowest BCUT2D eigenvalue weighted by Crippen LogP contribution is -2.54. The summed E-state index contributed by atoms with van der Waals surface area (Å²) in [5.74, 6) is 0. The average Bonchev–Trinajstić information content (AvgIpc) is 2.47. The topological polar surface area (TPSA) is 59.3 Å². The monoisotopic (exact) mass is 245 g/mol. The molecule has 0 bridgehead atoms. The molecule has 4 heteroatoms. The molecule has 1 fully saturated rings. The molecule has 2 N–H and O–H groups in total. The molecule has 0 aliphatic carbocycles. The Hall–Kier alpha value is -1.57. The lowest BCUT2D eigenvalue weighted by atomic mass is 9.88. The maximum absolute atomic E-state index is 9.47. The van der Waals surface area contributed by atoms with E-state index in [4.69, 9.17) is 5.26 Å². The van der Waals surface area contributed by atoms with E-state index in [0.29, 0.717) is 0 Å². The van der Waals surface area contributed by atoms with Crippen LogP contribution < -0.4 is 10.2 Å². The van der Waals surface area contributed by atoms with Crippen molar-refractivity contribution in [3.8, 4) is 6.07 Å². The van der Waals surface area contributed by atoms with Gasteiger partial charge in [0.05, 0.1) is 17.9 Å². The molecule has 96 valence electrons. The summed E-state index contributed by atoms with van der Waals surface area (Å²) in [7, 11) is 1.90. The van der Waals surface area contributed by atoms with Crippen molar-refractivity contribution in [3.05, 3.63) is 29.8 Å². The molecule has 0 atom stereocenters. The van der Waals surface area contributed by atoms with Gasteiger partial charge >= 0.3 is 0 Å². The van der Waals surface area contributed by atoms with E-state index in [1.165, 1.54) is 0 Å². The molecule has 1 aromatic carbocycles. The van der Waals surface area contributed by atoms with Crippen molar-refractivity contribution in [3.63, 3.8) is 0 Å². The summed E-state index contributed by atoms with van der Waals surface area (Å²) in [4.78, 5) is 2.23. The highest BCUT2D eigenvalue weighted by Crippen LogP contribution is 2.27. The molecule has 2 rings (SSSR count). The van der Waals surface area contributed by atoms with Crippen molar-refractivity contribution in [2.45, 2.75) is 18.4 Å². The van der Waals surface area contributed by atoms with E-state index in [-0.39, 0.29) is 12.1 Å². The Morgan fingerprint density at radius 3 is 2.61 bits per heavy atom. The van der Waals surface area contributed by atoms with Crippen molar-refractivity contribution in [1.29, 1.82) is 5.26 Å². The Morgan fingerprint density at radius 1 is 1.39 bits per heavy atom. The zero-order valence-corrected chi connectivity index (χ0v) is 10.7. The third-order valence-electron chi connectivity index (χ3n) is 3.92. The SMILES string of the molecule is CNC1(CO)CCN(c2ccccc2C#N)CC1. The highest BCUT2D eigenvalue weighted by Gasteiger charge is 2.32. The van der Waals surface area contributed by atoms with E-state index >= 15 is 0 Å². The van der Waals surface area contributed by atoms with Crippen LogP contribution in [0, 0.1) is 11.3 Å². The molecule has 1 aromatic rings. The Bertz CT molecular complexity index is 439. The van der Waals surface area contributed by atoms with Crippen molar-refractivity contribution in [2.75, 3.05) is 31.6 Å². The van der Waals surface area contributed by atoms with E-state index < -0.39 is 0 Å². The molecule has 0 amide bonds. The zero-order valence-electron chi connectivity index (χ0n) is 10.7. The summed E-state index contributed by atoms with van der Waals surface area (Å²) in [6.45, 7) is 1.89. The Morgan fingerprint density at radius 2 is 2.06 bits per heavy atom.